The molecule has 2 atom stereocenters. The van der Waals surface area contributed by atoms with Gasteiger partial charge in [0, 0.05) is 17.5 Å². The third-order valence-corrected chi connectivity index (χ3v) is 4.56. The zero-order valence-corrected chi connectivity index (χ0v) is 13.5. The van der Waals surface area contributed by atoms with Crippen molar-refractivity contribution in [3.63, 3.8) is 0 Å². The molecule has 24 heavy (non-hydrogen) atoms. The van der Waals surface area contributed by atoms with Crippen molar-refractivity contribution >= 4 is 5.78 Å². The lowest BCUT2D eigenvalue weighted by Gasteiger charge is -2.06. The highest BCUT2D eigenvalue weighted by Crippen LogP contribution is 2.40. The van der Waals surface area contributed by atoms with Crippen LogP contribution >= 0.6 is 0 Å². The molecule has 0 aliphatic heterocycles. The molecule has 0 amide bonds. The summed E-state index contributed by atoms with van der Waals surface area (Å²) in [6, 6.07) is 14.7. The van der Waals surface area contributed by atoms with Crippen molar-refractivity contribution in [1.82, 2.24) is 5.32 Å². The second kappa shape index (κ2) is 7.69. The second-order valence-corrected chi connectivity index (χ2v) is 6.34. The first-order chi connectivity index (χ1) is 11.7. The van der Waals surface area contributed by atoms with Crippen molar-refractivity contribution in [2.45, 2.75) is 31.2 Å². The molecule has 2 unspecified atom stereocenters. The number of hydrogen-bond acceptors (Lipinski definition) is 3. The Bertz CT molecular complexity index is 682. The summed E-state index contributed by atoms with van der Waals surface area (Å²) in [4.78, 5) is 11.4. The SMILES string of the molecule is O=C(CO)c1ccc(CCCNC2CC2c2ccc(F)cc2)cc1. The quantitative estimate of drug-likeness (QED) is 0.579. The highest BCUT2D eigenvalue weighted by atomic mass is 19.1. The van der Waals surface area contributed by atoms with Crippen LogP contribution in [0.3, 0.4) is 0 Å². The molecular weight excluding hydrogens is 305 g/mol. The summed E-state index contributed by atoms with van der Waals surface area (Å²) >= 11 is 0. The van der Waals surface area contributed by atoms with Crippen molar-refractivity contribution in [3.05, 3.63) is 71.0 Å². The van der Waals surface area contributed by atoms with Crippen LogP contribution in [-0.4, -0.2) is 30.1 Å². The largest absolute Gasteiger partial charge is 0.388 e. The summed E-state index contributed by atoms with van der Waals surface area (Å²) in [7, 11) is 0. The summed E-state index contributed by atoms with van der Waals surface area (Å²) in [6.07, 6.45) is 3.10. The number of hydrogen-bond donors (Lipinski definition) is 2. The molecule has 4 heteroatoms. The van der Waals surface area contributed by atoms with E-state index < -0.39 is 6.61 Å². The van der Waals surface area contributed by atoms with Crippen LogP contribution in [0.5, 0.6) is 0 Å². The molecular formula is C20H22FNO2. The van der Waals surface area contributed by atoms with Gasteiger partial charge in [-0.05, 0) is 49.1 Å². The summed E-state index contributed by atoms with van der Waals surface area (Å²) in [5.74, 6) is 0.0776. The normalized spacial score (nSPS) is 19.2. The van der Waals surface area contributed by atoms with Gasteiger partial charge in [0.15, 0.2) is 5.78 Å². The second-order valence-electron chi connectivity index (χ2n) is 6.34. The number of aliphatic hydroxyl groups excluding tert-OH is 1. The molecule has 1 fully saturated rings. The smallest absolute Gasteiger partial charge is 0.188 e. The van der Waals surface area contributed by atoms with Crippen LogP contribution in [0.15, 0.2) is 48.5 Å². The summed E-state index contributed by atoms with van der Waals surface area (Å²) in [6.45, 7) is 0.500. The first-order valence-corrected chi connectivity index (χ1v) is 8.39. The number of aryl methyl sites for hydroxylation is 1. The van der Waals surface area contributed by atoms with Gasteiger partial charge in [0.2, 0.25) is 0 Å². The highest BCUT2D eigenvalue weighted by Gasteiger charge is 2.37. The Hall–Kier alpha value is -2.04. The van der Waals surface area contributed by atoms with Gasteiger partial charge < -0.3 is 10.4 Å². The van der Waals surface area contributed by atoms with Crippen LogP contribution in [-0.2, 0) is 6.42 Å². The molecule has 2 aromatic carbocycles. The van der Waals surface area contributed by atoms with Crippen LogP contribution in [0.25, 0.3) is 0 Å². The zero-order chi connectivity index (χ0) is 16.9. The number of carbonyl (C=O) groups is 1. The minimum atomic E-state index is -0.445. The molecule has 2 aromatic rings. The molecule has 126 valence electrons. The Kier molecular flexibility index (Phi) is 5.38. The molecule has 1 aliphatic carbocycles. The van der Waals surface area contributed by atoms with Crippen molar-refractivity contribution < 1.29 is 14.3 Å². The topological polar surface area (TPSA) is 49.3 Å². The molecule has 0 radical (unpaired) electrons. The van der Waals surface area contributed by atoms with E-state index in [4.69, 9.17) is 5.11 Å². The van der Waals surface area contributed by atoms with E-state index in [1.54, 1.807) is 12.1 Å². The molecule has 1 aliphatic rings. The van der Waals surface area contributed by atoms with E-state index >= 15 is 0 Å². The Morgan fingerprint density at radius 3 is 2.50 bits per heavy atom. The lowest BCUT2D eigenvalue weighted by atomic mass is 10.1. The third-order valence-electron chi connectivity index (χ3n) is 4.56. The van der Waals surface area contributed by atoms with Gasteiger partial charge in [-0.25, -0.2) is 4.39 Å². The van der Waals surface area contributed by atoms with E-state index in [-0.39, 0.29) is 11.6 Å². The molecule has 3 rings (SSSR count). The van der Waals surface area contributed by atoms with E-state index in [1.807, 2.05) is 24.3 Å². The van der Waals surface area contributed by atoms with Gasteiger partial charge >= 0.3 is 0 Å². The van der Waals surface area contributed by atoms with Crippen LogP contribution in [0.4, 0.5) is 4.39 Å². The van der Waals surface area contributed by atoms with Gasteiger partial charge in [-0.2, -0.15) is 0 Å². The highest BCUT2D eigenvalue weighted by molar-refractivity contribution is 5.96. The number of carbonyl (C=O) groups excluding carboxylic acids is 1. The Balaban J connectivity index is 1.37. The number of rotatable bonds is 8. The number of benzene rings is 2. The average molecular weight is 327 g/mol. The number of Topliss-reactive ketones (excluding diaryl/α,β-unsaturated/α-hetero) is 1. The average Bonchev–Trinajstić information content (AvgIpc) is 3.39. The lowest BCUT2D eigenvalue weighted by Crippen LogP contribution is -2.19. The molecule has 0 spiro atoms. The first kappa shape index (κ1) is 16.8. The Morgan fingerprint density at radius 1 is 1.12 bits per heavy atom. The van der Waals surface area contributed by atoms with Crippen LogP contribution in [0, 0.1) is 5.82 Å². The predicted molar refractivity (Wildman–Crippen MR) is 91.7 cm³/mol. The van der Waals surface area contributed by atoms with Gasteiger partial charge in [-0.3, -0.25) is 4.79 Å². The van der Waals surface area contributed by atoms with Crippen molar-refractivity contribution in [2.24, 2.45) is 0 Å². The Labute approximate surface area is 141 Å². The molecule has 3 nitrogen and oxygen atoms in total. The van der Waals surface area contributed by atoms with E-state index in [9.17, 15) is 9.18 Å². The summed E-state index contributed by atoms with van der Waals surface area (Å²) in [5.41, 5.74) is 2.95. The maximum atomic E-state index is 12.9. The van der Waals surface area contributed by atoms with E-state index in [2.05, 4.69) is 5.32 Å². The van der Waals surface area contributed by atoms with Crippen LogP contribution in [0.2, 0.25) is 0 Å². The van der Waals surface area contributed by atoms with E-state index in [1.165, 1.54) is 23.3 Å². The maximum absolute atomic E-state index is 12.9. The van der Waals surface area contributed by atoms with E-state index in [0.29, 0.717) is 17.5 Å². The fourth-order valence-electron chi connectivity index (χ4n) is 3.03. The minimum Gasteiger partial charge on any atom is -0.388 e. The molecule has 0 saturated heterocycles. The molecule has 1 saturated carbocycles. The summed E-state index contributed by atoms with van der Waals surface area (Å²) in [5, 5.41) is 12.4. The number of halogens is 1. The monoisotopic (exact) mass is 327 g/mol. The number of nitrogens with one attached hydrogen (secondary N) is 1. The van der Waals surface area contributed by atoms with Crippen molar-refractivity contribution in [2.75, 3.05) is 13.2 Å². The van der Waals surface area contributed by atoms with Gasteiger partial charge in [-0.15, -0.1) is 0 Å². The van der Waals surface area contributed by atoms with Gasteiger partial charge in [0.25, 0.3) is 0 Å². The summed E-state index contributed by atoms with van der Waals surface area (Å²) < 4.78 is 12.9. The number of ketones is 1. The molecule has 0 aromatic heterocycles. The molecule has 0 bridgehead atoms. The fraction of sp³-hybridized carbons (Fsp3) is 0.350. The predicted octanol–water partition coefficient (Wildman–Crippen LogP) is 3.08. The first-order valence-electron chi connectivity index (χ1n) is 8.39. The zero-order valence-electron chi connectivity index (χ0n) is 13.5. The lowest BCUT2D eigenvalue weighted by molar-refractivity contribution is 0.0903. The van der Waals surface area contributed by atoms with Crippen LogP contribution in [0.1, 0.15) is 40.2 Å². The molecule has 2 N–H and O–H groups in total. The fourth-order valence-corrected chi connectivity index (χ4v) is 3.03. The van der Waals surface area contributed by atoms with Crippen molar-refractivity contribution in [3.8, 4) is 0 Å². The van der Waals surface area contributed by atoms with Gasteiger partial charge in [0.1, 0.15) is 12.4 Å². The standard InChI is InChI=1S/C20H22FNO2/c21-17-9-7-15(8-10-17)18-12-19(18)22-11-1-2-14-3-5-16(6-4-14)20(24)13-23/h3-10,18-19,22-23H,1-2,11-13H2. The van der Waals surface area contributed by atoms with Gasteiger partial charge in [-0.1, -0.05) is 36.4 Å². The van der Waals surface area contributed by atoms with Gasteiger partial charge in [0.05, 0.1) is 0 Å². The van der Waals surface area contributed by atoms with E-state index in [0.717, 1.165) is 25.8 Å². The third kappa shape index (κ3) is 4.28. The maximum Gasteiger partial charge on any atom is 0.188 e. The minimum absolute atomic E-state index is 0.185. The number of aliphatic hydroxyl groups is 1. The van der Waals surface area contributed by atoms with Crippen LogP contribution < -0.4 is 5.32 Å². The Morgan fingerprint density at radius 2 is 1.83 bits per heavy atom. The van der Waals surface area contributed by atoms with Crippen molar-refractivity contribution in [1.29, 1.82) is 0 Å². The molecule has 0 heterocycles.